The number of nitrogens with one attached hydrogen (secondary N) is 2. The van der Waals surface area contributed by atoms with Crippen LogP contribution in [0.15, 0.2) is 0 Å². The molecule has 408 valence electrons. The minimum Gasteiger partial charge on any atom is -0.467 e. The van der Waals surface area contributed by atoms with Crippen LogP contribution in [0.5, 0.6) is 0 Å². The van der Waals surface area contributed by atoms with E-state index in [-0.39, 0.29) is 24.7 Å². The van der Waals surface area contributed by atoms with Crippen LogP contribution in [-0.2, 0) is 48.5 Å². The molecule has 2 heterocycles. The molecule has 0 aromatic heterocycles. The second-order valence-corrected chi connectivity index (χ2v) is 24.2. The van der Waals surface area contributed by atoms with Gasteiger partial charge in [-0.15, -0.1) is 20.5 Å². The van der Waals surface area contributed by atoms with E-state index >= 15 is 0 Å². The fourth-order valence-corrected chi connectivity index (χ4v) is 12.0. The van der Waals surface area contributed by atoms with Gasteiger partial charge in [-0.3, -0.25) is 9.59 Å². The molecule has 2 N–H and O–H groups in total. The average molecular weight is 1030 g/mol. The summed E-state index contributed by atoms with van der Waals surface area (Å²) in [6.45, 7) is 12.8. The van der Waals surface area contributed by atoms with Crippen molar-refractivity contribution in [2.75, 3.05) is 38.9 Å². The summed E-state index contributed by atoms with van der Waals surface area (Å²) >= 11 is 0. The van der Waals surface area contributed by atoms with Crippen LogP contribution < -0.4 is 10.6 Å². The number of esters is 2. The van der Waals surface area contributed by atoms with Crippen LogP contribution in [0.4, 0.5) is 0 Å². The van der Waals surface area contributed by atoms with Crippen LogP contribution in [0.25, 0.3) is 0 Å². The molecule has 2 rings (SSSR count). The third kappa shape index (κ3) is 24.6. The van der Waals surface area contributed by atoms with Gasteiger partial charge in [-0.05, 0) is 91.9 Å². The molecule has 16 heteroatoms. The number of carbonyl (C=O) groups excluding carboxylic acids is 4. The monoisotopic (exact) mass is 1030 g/mol. The zero-order valence-corrected chi connectivity index (χ0v) is 47.0. The largest absolute Gasteiger partial charge is 0.467 e. The fraction of sp³-hybridized carbons (Fsp3) is 0.926. The number of hydrogen-bond acceptors (Lipinski definition) is 12. The first-order valence-electron chi connectivity index (χ1n) is 27.7. The van der Waals surface area contributed by atoms with Gasteiger partial charge in [-0.1, -0.05) is 164 Å². The Morgan fingerprint density at radius 2 is 0.771 bits per heavy atom. The van der Waals surface area contributed by atoms with Gasteiger partial charge in [0.25, 0.3) is 0 Å². The lowest BCUT2D eigenvalue weighted by atomic mass is 9.95. The maximum Gasteiger partial charge on any atom is 0.328 e. The van der Waals surface area contributed by atoms with Crippen LogP contribution in [0.2, 0.25) is 0 Å². The second-order valence-electron chi connectivity index (χ2n) is 21.5. The molecule has 0 bridgehead atoms. The zero-order valence-electron chi connectivity index (χ0n) is 45.4. The maximum atomic E-state index is 13.5. The zero-order chi connectivity index (χ0) is 51.7. The lowest BCUT2D eigenvalue weighted by Crippen LogP contribution is -2.49. The first-order chi connectivity index (χ1) is 33.5. The van der Waals surface area contributed by atoms with Gasteiger partial charge < -0.3 is 29.6 Å². The van der Waals surface area contributed by atoms with Gasteiger partial charge in [-0.2, -0.15) is 0 Å². The molecule has 2 aliphatic heterocycles. The molecule has 0 aliphatic carbocycles. The molecular formula is C54H100N4O10S2. The summed E-state index contributed by atoms with van der Waals surface area (Å²) in [7, 11) is 5.59. The first-order valence-corrected chi connectivity index (χ1v) is 30.2. The van der Waals surface area contributed by atoms with Crippen LogP contribution >= 0.6 is 21.6 Å². The number of carbonyl (C=O) groups is 4. The van der Waals surface area contributed by atoms with Crippen LogP contribution in [-0.4, -0.2) is 107 Å². The fourth-order valence-electron chi connectivity index (χ4n) is 9.85. The van der Waals surface area contributed by atoms with E-state index in [0.29, 0.717) is 76.1 Å². The number of nitrogens with zero attached hydrogens (tertiary/aromatic N) is 2. The minimum atomic E-state index is -0.952. The van der Waals surface area contributed by atoms with Crippen LogP contribution in [0.3, 0.4) is 0 Å². The van der Waals surface area contributed by atoms with Crippen molar-refractivity contribution in [3.05, 3.63) is 0 Å². The van der Waals surface area contributed by atoms with Gasteiger partial charge in [0.2, 0.25) is 11.8 Å². The lowest BCUT2D eigenvalue weighted by Gasteiger charge is -2.35. The highest BCUT2D eigenvalue weighted by Gasteiger charge is 2.53. The number of unbranched alkanes of at least 4 members (excludes halogenated alkanes) is 20. The molecule has 4 atom stereocenters. The van der Waals surface area contributed by atoms with E-state index in [1.54, 1.807) is 0 Å². The Morgan fingerprint density at radius 1 is 0.486 bits per heavy atom. The Hall–Kier alpha value is -1.66. The van der Waals surface area contributed by atoms with Crippen molar-refractivity contribution in [2.24, 2.45) is 0 Å². The molecule has 0 saturated carbocycles. The normalized spacial score (nSPS) is 20.9. The van der Waals surface area contributed by atoms with Crippen LogP contribution in [0, 0.1) is 0 Å². The molecule has 2 aliphatic rings. The van der Waals surface area contributed by atoms with Gasteiger partial charge in [0.05, 0.1) is 38.5 Å². The van der Waals surface area contributed by atoms with E-state index in [9.17, 15) is 29.6 Å². The smallest absolute Gasteiger partial charge is 0.328 e. The molecule has 70 heavy (non-hydrogen) atoms. The summed E-state index contributed by atoms with van der Waals surface area (Å²) < 4.78 is 22.5. The minimum absolute atomic E-state index is 0.150. The maximum absolute atomic E-state index is 13.5. The average Bonchev–Trinajstić information content (AvgIpc) is 3.70. The van der Waals surface area contributed by atoms with E-state index in [4.69, 9.17) is 18.9 Å². The molecule has 0 aromatic carbocycles. The first kappa shape index (κ1) is 64.5. The number of amides is 2. The SMILES string of the molecule is CCCCCCCCCCCCCC1(CCCC(=O)NC(CCSSCCC(NC(=O)CCCC2(CCCCCCCCCCCCC)OCC(C)(C)N2[O])C(=O)OC)C(=O)OC)OCC(C)(C)N1[O]. The number of hydrogen-bond donors (Lipinski definition) is 2. The van der Waals surface area contributed by atoms with Gasteiger partial charge in [0.15, 0.2) is 0 Å². The summed E-state index contributed by atoms with van der Waals surface area (Å²) in [6.07, 6.45) is 30.9. The van der Waals surface area contributed by atoms with Crippen molar-refractivity contribution in [3.8, 4) is 0 Å². The topological polar surface area (TPSA) is 176 Å². The Balaban J connectivity index is 1.75. The van der Waals surface area contributed by atoms with Gasteiger partial charge in [0.1, 0.15) is 23.5 Å². The predicted octanol–water partition coefficient (Wildman–Crippen LogP) is 12.5. The van der Waals surface area contributed by atoms with E-state index in [1.807, 2.05) is 27.7 Å². The van der Waals surface area contributed by atoms with Crippen molar-refractivity contribution in [3.63, 3.8) is 0 Å². The van der Waals surface area contributed by atoms with Crippen molar-refractivity contribution >= 4 is 45.3 Å². The highest BCUT2D eigenvalue weighted by molar-refractivity contribution is 8.76. The summed E-state index contributed by atoms with van der Waals surface area (Å²) in [6, 6.07) is -1.66. The molecule has 2 fully saturated rings. The molecule has 2 radical (unpaired) electrons. The molecule has 14 nitrogen and oxygen atoms in total. The van der Waals surface area contributed by atoms with Gasteiger partial charge in [-0.25, -0.2) is 9.59 Å². The van der Waals surface area contributed by atoms with Crippen molar-refractivity contribution in [1.82, 2.24) is 20.8 Å². The molecular weight excluding hydrogens is 929 g/mol. The Labute approximate surface area is 433 Å². The van der Waals surface area contributed by atoms with Crippen molar-refractivity contribution in [1.29, 1.82) is 0 Å². The Morgan fingerprint density at radius 3 is 1.04 bits per heavy atom. The van der Waals surface area contributed by atoms with E-state index < -0.39 is 46.6 Å². The summed E-state index contributed by atoms with van der Waals surface area (Å²) in [5.74, 6) is -0.585. The third-order valence-electron chi connectivity index (χ3n) is 14.2. The standard InChI is InChI=1S/C54H100N4O10S2/c1-9-11-13-15-17-19-21-23-25-27-29-37-53(57(63)51(3,4)43-67-53)39-31-33-47(59)55-45(49(61)65-7)35-41-69-70-42-36-46(50(62)66-8)56-48(60)34-32-40-54(58(64)52(5,6)44-68-54)38-30-28-26-24-22-20-18-16-14-12-10-2/h45-46H,9-44H2,1-8H3,(H,55,59)(H,56,60). The third-order valence-corrected chi connectivity index (χ3v) is 16.7. The highest BCUT2D eigenvalue weighted by atomic mass is 33.1. The number of ether oxygens (including phenoxy) is 4. The van der Waals surface area contributed by atoms with Gasteiger partial charge in [0, 0.05) is 24.3 Å². The number of hydroxylamine groups is 4. The number of methoxy groups -OCH3 is 2. The molecule has 2 amide bonds. The lowest BCUT2D eigenvalue weighted by molar-refractivity contribution is -0.296. The predicted molar refractivity (Wildman–Crippen MR) is 282 cm³/mol. The molecule has 0 aromatic rings. The quantitative estimate of drug-likeness (QED) is 0.0336. The van der Waals surface area contributed by atoms with Gasteiger partial charge >= 0.3 is 11.9 Å². The highest BCUT2D eigenvalue weighted by Crippen LogP contribution is 2.42. The molecule has 2 saturated heterocycles. The molecule has 0 spiro atoms. The Bertz CT molecular complexity index is 1340. The summed E-state index contributed by atoms with van der Waals surface area (Å²) in [4.78, 5) is 51.7. The van der Waals surface area contributed by atoms with Crippen molar-refractivity contribution in [2.45, 2.75) is 282 Å². The van der Waals surface area contributed by atoms with E-state index in [0.717, 1.165) is 48.7 Å². The second kappa shape index (κ2) is 36.3. The summed E-state index contributed by atoms with van der Waals surface area (Å²) in [5.41, 5.74) is -3.18. The Kier molecular flexibility index (Phi) is 33.4. The van der Waals surface area contributed by atoms with E-state index in [2.05, 4.69) is 24.5 Å². The van der Waals surface area contributed by atoms with Crippen LogP contribution in [0.1, 0.15) is 247 Å². The van der Waals surface area contributed by atoms with Crippen molar-refractivity contribution < 1.29 is 48.5 Å². The number of rotatable bonds is 43. The molecule has 4 unspecified atom stereocenters. The summed E-state index contributed by atoms with van der Waals surface area (Å²) in [5, 5.41) is 35.0. The van der Waals surface area contributed by atoms with E-state index in [1.165, 1.54) is 139 Å².